The van der Waals surface area contributed by atoms with Gasteiger partial charge in [0.15, 0.2) is 0 Å². The molecule has 11 heteroatoms. The van der Waals surface area contributed by atoms with E-state index in [1.165, 1.54) is 6.07 Å². The number of rotatable bonds is 10. The van der Waals surface area contributed by atoms with Crippen molar-refractivity contribution in [2.75, 3.05) is 6.54 Å². The van der Waals surface area contributed by atoms with Crippen LogP contribution in [0.3, 0.4) is 0 Å². The number of aliphatic hydroxyl groups is 1. The van der Waals surface area contributed by atoms with Crippen molar-refractivity contribution in [1.82, 2.24) is 10.6 Å². The van der Waals surface area contributed by atoms with Crippen molar-refractivity contribution in [3.63, 3.8) is 0 Å². The summed E-state index contributed by atoms with van der Waals surface area (Å²) in [6.45, 7) is -0.314. The van der Waals surface area contributed by atoms with Gasteiger partial charge in [0.25, 0.3) is 0 Å². The second-order valence-corrected chi connectivity index (χ2v) is 7.16. The molecule has 8 nitrogen and oxygen atoms in total. The first-order chi connectivity index (χ1) is 15.5. The van der Waals surface area contributed by atoms with Gasteiger partial charge in [0.05, 0.1) is 18.1 Å². The smallest absolute Gasteiger partial charge is 0.416 e. The minimum atomic E-state index is -4.59. The molecule has 2 aromatic carbocycles. The van der Waals surface area contributed by atoms with Crippen LogP contribution in [0.4, 0.5) is 18.0 Å². The van der Waals surface area contributed by atoms with E-state index in [4.69, 9.17) is 4.74 Å². The zero-order valence-corrected chi connectivity index (χ0v) is 17.3. The molecule has 0 saturated carbocycles. The van der Waals surface area contributed by atoms with Gasteiger partial charge in [0.1, 0.15) is 12.6 Å². The summed E-state index contributed by atoms with van der Waals surface area (Å²) >= 11 is 0. The first kappa shape index (κ1) is 25.7. The normalized spacial score (nSPS) is 13.0. The number of alkyl halides is 3. The van der Waals surface area contributed by atoms with Crippen LogP contribution >= 0.6 is 0 Å². The topological polar surface area (TPSA) is 125 Å². The van der Waals surface area contributed by atoms with Crippen molar-refractivity contribution in [2.24, 2.45) is 0 Å². The van der Waals surface area contributed by atoms with Gasteiger partial charge < -0.3 is 25.6 Å². The van der Waals surface area contributed by atoms with Crippen LogP contribution < -0.4 is 10.6 Å². The maximum Gasteiger partial charge on any atom is 0.416 e. The largest absolute Gasteiger partial charge is 0.480 e. The molecule has 2 aromatic rings. The van der Waals surface area contributed by atoms with Crippen LogP contribution in [0.2, 0.25) is 0 Å². The van der Waals surface area contributed by atoms with Gasteiger partial charge in [-0.3, -0.25) is 4.79 Å². The van der Waals surface area contributed by atoms with Gasteiger partial charge in [-0.15, -0.1) is 0 Å². The lowest BCUT2D eigenvalue weighted by Gasteiger charge is -2.17. The van der Waals surface area contributed by atoms with E-state index in [9.17, 15) is 37.8 Å². The third-order valence-electron chi connectivity index (χ3n) is 4.44. The van der Waals surface area contributed by atoms with Gasteiger partial charge in [-0.25, -0.2) is 9.59 Å². The highest BCUT2D eigenvalue weighted by molar-refractivity contribution is 5.84. The number of halogens is 3. The number of nitrogens with one attached hydrogen (secondary N) is 2. The van der Waals surface area contributed by atoms with Crippen molar-refractivity contribution in [3.8, 4) is 0 Å². The Balaban J connectivity index is 1.80. The fraction of sp³-hybridized carbons (Fsp3) is 0.318. The molecule has 0 aliphatic heterocycles. The van der Waals surface area contributed by atoms with Gasteiger partial charge >= 0.3 is 18.2 Å². The van der Waals surface area contributed by atoms with Gasteiger partial charge in [0.2, 0.25) is 5.91 Å². The number of carbonyl (C=O) groups is 3. The predicted molar refractivity (Wildman–Crippen MR) is 110 cm³/mol. The van der Waals surface area contributed by atoms with E-state index in [0.29, 0.717) is 0 Å². The highest BCUT2D eigenvalue weighted by Gasteiger charge is 2.31. The van der Waals surface area contributed by atoms with Crippen LogP contribution in [0.1, 0.15) is 23.1 Å². The average molecular weight is 468 g/mol. The van der Waals surface area contributed by atoms with E-state index in [2.05, 4.69) is 10.6 Å². The second kappa shape index (κ2) is 11.9. The summed E-state index contributed by atoms with van der Waals surface area (Å²) in [5.41, 5.74) is -0.106. The van der Waals surface area contributed by atoms with Crippen LogP contribution in [0.25, 0.3) is 0 Å². The van der Waals surface area contributed by atoms with Crippen LogP contribution in [0.15, 0.2) is 54.6 Å². The Hall–Kier alpha value is -3.60. The van der Waals surface area contributed by atoms with E-state index in [0.717, 1.165) is 23.8 Å². The number of amides is 2. The Morgan fingerprint density at radius 2 is 1.67 bits per heavy atom. The molecule has 2 atom stereocenters. The molecular formula is C22H23F3N2O6. The van der Waals surface area contributed by atoms with E-state index >= 15 is 0 Å². The molecule has 0 radical (unpaired) electrons. The van der Waals surface area contributed by atoms with Gasteiger partial charge in [-0.05, 0) is 17.2 Å². The van der Waals surface area contributed by atoms with Crippen molar-refractivity contribution in [1.29, 1.82) is 0 Å². The Kier molecular flexibility index (Phi) is 9.22. The molecule has 178 valence electrons. The molecule has 4 N–H and O–H groups in total. The predicted octanol–water partition coefficient (Wildman–Crippen LogP) is 2.49. The summed E-state index contributed by atoms with van der Waals surface area (Å²) < 4.78 is 43.4. The third kappa shape index (κ3) is 9.19. The standard InChI is InChI=1S/C22H23F3N2O6/c23-22(24,25)16-8-4-7-15(9-16)10-18(20(30)31)27-19(29)11-17(28)12-26-21(32)33-13-14-5-2-1-3-6-14/h1-9,17-18,28H,10-13H2,(H,26,32)(H,27,29)(H,30,31)/t17-,18-/m0/s1. The van der Waals surface area contributed by atoms with Crippen molar-refractivity contribution >= 4 is 18.0 Å². The molecule has 0 unspecified atom stereocenters. The molecule has 0 aromatic heterocycles. The minimum Gasteiger partial charge on any atom is -0.480 e. The maximum absolute atomic E-state index is 12.8. The molecule has 33 heavy (non-hydrogen) atoms. The average Bonchev–Trinajstić information content (AvgIpc) is 2.76. The van der Waals surface area contributed by atoms with E-state index in [1.54, 1.807) is 30.3 Å². The lowest BCUT2D eigenvalue weighted by atomic mass is 10.0. The van der Waals surface area contributed by atoms with E-state index in [1.807, 2.05) is 0 Å². The molecule has 2 amide bonds. The third-order valence-corrected chi connectivity index (χ3v) is 4.44. The van der Waals surface area contributed by atoms with Crippen molar-refractivity contribution < 1.29 is 42.5 Å². The number of ether oxygens (including phenoxy) is 1. The molecule has 0 saturated heterocycles. The molecule has 0 bridgehead atoms. The van der Waals surface area contributed by atoms with Crippen molar-refractivity contribution in [3.05, 3.63) is 71.3 Å². The number of hydrogen-bond acceptors (Lipinski definition) is 5. The molecule has 2 rings (SSSR count). The zero-order valence-electron chi connectivity index (χ0n) is 17.3. The first-order valence-electron chi connectivity index (χ1n) is 9.85. The van der Waals surface area contributed by atoms with Gasteiger partial charge in [-0.2, -0.15) is 13.2 Å². The van der Waals surface area contributed by atoms with Gasteiger partial charge in [-0.1, -0.05) is 48.5 Å². The lowest BCUT2D eigenvalue weighted by Crippen LogP contribution is -2.44. The Labute approximate surface area is 187 Å². The number of carbonyl (C=O) groups excluding carboxylic acids is 2. The van der Waals surface area contributed by atoms with Crippen LogP contribution in [-0.2, 0) is 33.5 Å². The molecule has 0 fully saturated rings. The van der Waals surface area contributed by atoms with Crippen LogP contribution in [-0.4, -0.2) is 46.9 Å². The number of aliphatic hydroxyl groups excluding tert-OH is 1. The first-order valence-corrected chi connectivity index (χ1v) is 9.85. The number of carboxylic acid groups (broad SMARTS) is 1. The summed E-state index contributed by atoms with van der Waals surface area (Å²) in [6.07, 6.45) is -7.66. The van der Waals surface area contributed by atoms with Crippen molar-refractivity contribution in [2.45, 2.75) is 37.8 Å². The molecule has 0 aliphatic rings. The van der Waals surface area contributed by atoms with Crippen LogP contribution in [0, 0.1) is 0 Å². The van der Waals surface area contributed by atoms with Crippen LogP contribution in [0.5, 0.6) is 0 Å². The summed E-state index contributed by atoms with van der Waals surface area (Å²) in [5, 5.41) is 23.7. The monoisotopic (exact) mass is 468 g/mol. The Morgan fingerprint density at radius 1 is 1.00 bits per heavy atom. The fourth-order valence-corrected chi connectivity index (χ4v) is 2.83. The Morgan fingerprint density at radius 3 is 2.30 bits per heavy atom. The van der Waals surface area contributed by atoms with E-state index < -0.39 is 48.3 Å². The highest BCUT2D eigenvalue weighted by atomic mass is 19.4. The summed E-state index contributed by atoms with van der Waals surface area (Å²) in [5.74, 6) is -2.29. The maximum atomic E-state index is 12.8. The number of hydrogen-bond donors (Lipinski definition) is 4. The fourth-order valence-electron chi connectivity index (χ4n) is 2.83. The SMILES string of the molecule is O=C(C[C@H](O)CNC(=O)OCc1ccccc1)N[C@@H](Cc1cccc(C(F)(F)F)c1)C(=O)O. The summed E-state index contributed by atoms with van der Waals surface area (Å²) in [6, 6.07) is 11.5. The number of carboxylic acids is 1. The number of alkyl carbamates (subject to hydrolysis) is 1. The Bertz CT molecular complexity index is 953. The molecule has 0 heterocycles. The highest BCUT2D eigenvalue weighted by Crippen LogP contribution is 2.29. The second-order valence-electron chi connectivity index (χ2n) is 7.16. The summed E-state index contributed by atoms with van der Waals surface area (Å²) in [7, 11) is 0. The van der Waals surface area contributed by atoms with Gasteiger partial charge in [0, 0.05) is 13.0 Å². The molecular weight excluding hydrogens is 445 g/mol. The minimum absolute atomic E-state index is 0.0130. The molecule has 0 spiro atoms. The van der Waals surface area contributed by atoms with E-state index in [-0.39, 0.29) is 25.1 Å². The zero-order chi connectivity index (χ0) is 24.4. The quantitative estimate of drug-likeness (QED) is 0.425. The summed E-state index contributed by atoms with van der Waals surface area (Å²) in [4.78, 5) is 35.2. The number of benzene rings is 2. The lowest BCUT2D eigenvalue weighted by molar-refractivity contribution is -0.142. The number of aliphatic carboxylic acids is 1. The molecule has 0 aliphatic carbocycles.